The number of nitrogens with zero attached hydrogens (tertiary/aromatic N) is 3. The molecule has 0 bridgehead atoms. The standard InChI is InChI=1S/C26H29N5O4.C2H4/c1-4-6-18(5-2)11-21(15-32)28-25(33)19-9-10-31(14-19)24-17(3)13-27-26(30-24)29-20-7-8-22-23(12-20)35-16-34-22;1-2/h4-10,12-14,21,32H,11,15-16H2,1-3H3,(H,28,33)(H,27,29,30);1-2H2/b6-4-,18-5+;/t21-;/m0./s1. The Morgan fingerprint density at radius 2 is 2.03 bits per heavy atom. The number of hydrogen-bond acceptors (Lipinski definition) is 7. The van der Waals surface area contributed by atoms with Crippen molar-refractivity contribution in [3.05, 3.63) is 90.9 Å². The van der Waals surface area contributed by atoms with E-state index in [0.717, 1.165) is 16.8 Å². The molecule has 1 amide bonds. The summed E-state index contributed by atoms with van der Waals surface area (Å²) in [6, 6.07) is 6.86. The largest absolute Gasteiger partial charge is 0.454 e. The molecule has 194 valence electrons. The Balaban J connectivity index is 0.00000186. The van der Waals surface area contributed by atoms with Crippen LogP contribution in [0.25, 0.3) is 5.82 Å². The minimum absolute atomic E-state index is 0.152. The van der Waals surface area contributed by atoms with Gasteiger partial charge < -0.3 is 29.8 Å². The number of carbonyl (C=O) groups excluding carboxylic acids is 1. The molecule has 3 aromatic rings. The molecule has 1 aromatic carbocycles. The molecular formula is C28H33N5O4. The Morgan fingerprint density at radius 1 is 1.24 bits per heavy atom. The van der Waals surface area contributed by atoms with Gasteiger partial charge in [-0.3, -0.25) is 4.79 Å². The maximum atomic E-state index is 12.8. The SMILES string of the molecule is C/C=C\C(=C/C)C[C@@H](CO)NC(=O)c1ccn(-c2nc(Nc3ccc4c(c3)OCO4)ncc2C)c1.C=C. The highest BCUT2D eigenvalue weighted by Gasteiger charge is 2.17. The van der Waals surface area contributed by atoms with Gasteiger partial charge in [-0.05, 0) is 45.4 Å². The van der Waals surface area contributed by atoms with Crippen molar-refractivity contribution < 1.29 is 19.4 Å². The Labute approximate surface area is 217 Å². The van der Waals surface area contributed by atoms with Crippen molar-refractivity contribution in [2.45, 2.75) is 33.2 Å². The lowest BCUT2D eigenvalue weighted by molar-refractivity contribution is 0.0917. The Hall–Kier alpha value is -4.37. The van der Waals surface area contributed by atoms with Crippen molar-refractivity contribution in [3.63, 3.8) is 0 Å². The number of benzene rings is 1. The summed E-state index contributed by atoms with van der Waals surface area (Å²) in [7, 11) is 0. The molecule has 1 aliphatic rings. The average Bonchev–Trinajstić information content (AvgIpc) is 3.60. The van der Waals surface area contributed by atoms with Gasteiger partial charge in [-0.25, -0.2) is 4.98 Å². The summed E-state index contributed by atoms with van der Waals surface area (Å²) < 4.78 is 12.5. The molecule has 0 fully saturated rings. The van der Waals surface area contributed by atoms with Crippen LogP contribution in [0.5, 0.6) is 11.5 Å². The van der Waals surface area contributed by atoms with E-state index in [0.29, 0.717) is 35.2 Å². The number of hydrogen-bond donors (Lipinski definition) is 3. The van der Waals surface area contributed by atoms with Crippen LogP contribution in [0.4, 0.5) is 11.6 Å². The quantitative estimate of drug-likeness (QED) is 0.283. The van der Waals surface area contributed by atoms with Gasteiger partial charge in [0.15, 0.2) is 11.5 Å². The van der Waals surface area contributed by atoms with E-state index in [2.05, 4.69) is 33.8 Å². The summed E-state index contributed by atoms with van der Waals surface area (Å²) in [5.74, 6) is 2.16. The third-order valence-corrected chi connectivity index (χ3v) is 5.56. The minimum Gasteiger partial charge on any atom is -0.454 e. The van der Waals surface area contributed by atoms with Crippen LogP contribution >= 0.6 is 0 Å². The van der Waals surface area contributed by atoms with E-state index in [1.165, 1.54) is 0 Å². The summed E-state index contributed by atoms with van der Waals surface area (Å²) in [6.45, 7) is 11.8. The molecule has 0 unspecified atom stereocenters. The predicted octanol–water partition coefficient (Wildman–Crippen LogP) is 4.85. The number of aliphatic hydroxyl groups excluding tert-OH is 1. The fourth-order valence-electron chi connectivity index (χ4n) is 3.73. The van der Waals surface area contributed by atoms with Gasteiger partial charge in [0, 0.05) is 35.9 Å². The molecule has 2 aromatic heterocycles. The third kappa shape index (κ3) is 6.86. The minimum atomic E-state index is -0.383. The third-order valence-electron chi connectivity index (χ3n) is 5.56. The number of carbonyl (C=O) groups is 1. The molecule has 37 heavy (non-hydrogen) atoms. The molecule has 0 radical (unpaired) electrons. The summed E-state index contributed by atoms with van der Waals surface area (Å²) in [6.07, 6.45) is 11.6. The molecule has 0 spiro atoms. The first-order valence-electron chi connectivity index (χ1n) is 11.9. The van der Waals surface area contributed by atoms with Crippen LogP contribution in [0.1, 0.15) is 36.2 Å². The van der Waals surface area contributed by atoms with Gasteiger partial charge in [0.2, 0.25) is 12.7 Å². The molecule has 0 saturated heterocycles. The second-order valence-corrected chi connectivity index (χ2v) is 8.12. The second kappa shape index (κ2) is 13.1. The van der Waals surface area contributed by atoms with E-state index >= 15 is 0 Å². The number of aliphatic hydroxyl groups is 1. The van der Waals surface area contributed by atoms with Crippen molar-refractivity contribution in [3.8, 4) is 17.3 Å². The summed E-state index contributed by atoms with van der Waals surface area (Å²) in [5.41, 5.74) is 3.13. The van der Waals surface area contributed by atoms with Crippen LogP contribution in [0, 0.1) is 6.92 Å². The fourth-order valence-corrected chi connectivity index (χ4v) is 3.73. The van der Waals surface area contributed by atoms with Gasteiger partial charge in [-0.1, -0.05) is 23.8 Å². The zero-order valence-electron chi connectivity index (χ0n) is 21.4. The maximum absolute atomic E-state index is 12.8. The predicted molar refractivity (Wildman–Crippen MR) is 145 cm³/mol. The number of aryl methyl sites for hydroxylation is 1. The van der Waals surface area contributed by atoms with Gasteiger partial charge in [0.25, 0.3) is 5.91 Å². The highest BCUT2D eigenvalue weighted by molar-refractivity contribution is 5.94. The number of aromatic nitrogens is 3. The van der Waals surface area contributed by atoms with Gasteiger partial charge in [0.1, 0.15) is 5.82 Å². The second-order valence-electron chi connectivity index (χ2n) is 8.12. The average molecular weight is 504 g/mol. The van der Waals surface area contributed by atoms with Crippen LogP contribution in [0.3, 0.4) is 0 Å². The molecule has 0 saturated carbocycles. The van der Waals surface area contributed by atoms with E-state index in [1.54, 1.807) is 29.2 Å². The normalized spacial score (nSPS) is 13.1. The van der Waals surface area contributed by atoms with E-state index in [1.807, 2.05) is 57.2 Å². The summed E-state index contributed by atoms with van der Waals surface area (Å²) >= 11 is 0. The highest BCUT2D eigenvalue weighted by Crippen LogP contribution is 2.34. The van der Waals surface area contributed by atoms with E-state index in [4.69, 9.17) is 9.47 Å². The number of allylic oxidation sites excluding steroid dienone is 3. The van der Waals surface area contributed by atoms with Gasteiger partial charge >= 0.3 is 0 Å². The first kappa shape index (κ1) is 27.2. The van der Waals surface area contributed by atoms with Crippen LogP contribution in [-0.2, 0) is 0 Å². The summed E-state index contributed by atoms with van der Waals surface area (Å²) in [5, 5.41) is 15.8. The topological polar surface area (TPSA) is 111 Å². The Bertz CT molecular complexity index is 1280. The monoisotopic (exact) mass is 503 g/mol. The first-order chi connectivity index (χ1) is 18.0. The molecular weight excluding hydrogens is 470 g/mol. The Kier molecular flexibility index (Phi) is 9.62. The van der Waals surface area contributed by atoms with Crippen molar-refractivity contribution in [1.82, 2.24) is 19.9 Å². The van der Waals surface area contributed by atoms with Gasteiger partial charge in [-0.2, -0.15) is 4.98 Å². The molecule has 9 heteroatoms. The number of ether oxygens (including phenoxy) is 2. The number of anilines is 2. The number of rotatable bonds is 9. The molecule has 9 nitrogen and oxygen atoms in total. The van der Waals surface area contributed by atoms with E-state index < -0.39 is 0 Å². The molecule has 1 aliphatic heterocycles. The molecule has 3 heterocycles. The Morgan fingerprint density at radius 3 is 2.76 bits per heavy atom. The molecule has 1 atom stereocenters. The lowest BCUT2D eigenvalue weighted by Gasteiger charge is -2.16. The van der Waals surface area contributed by atoms with Crippen LogP contribution < -0.4 is 20.1 Å². The molecule has 4 rings (SSSR count). The molecule has 3 N–H and O–H groups in total. The van der Waals surface area contributed by atoms with Gasteiger partial charge in [0.05, 0.1) is 18.2 Å². The van der Waals surface area contributed by atoms with Crippen LogP contribution in [-0.4, -0.2) is 45.0 Å². The molecule has 0 aliphatic carbocycles. The zero-order valence-corrected chi connectivity index (χ0v) is 21.4. The van der Waals surface area contributed by atoms with Gasteiger partial charge in [-0.15, -0.1) is 13.2 Å². The number of nitrogens with one attached hydrogen (secondary N) is 2. The number of fused-ring (bicyclic) bond motifs is 1. The van der Waals surface area contributed by atoms with Crippen LogP contribution in [0.2, 0.25) is 0 Å². The lowest BCUT2D eigenvalue weighted by Crippen LogP contribution is -2.37. The number of amides is 1. The fraction of sp³-hybridized carbons (Fsp3) is 0.250. The van der Waals surface area contributed by atoms with Crippen molar-refractivity contribution in [2.24, 2.45) is 0 Å². The first-order valence-corrected chi connectivity index (χ1v) is 11.9. The smallest absolute Gasteiger partial charge is 0.253 e. The zero-order chi connectivity index (χ0) is 26.8. The maximum Gasteiger partial charge on any atom is 0.253 e. The van der Waals surface area contributed by atoms with E-state index in [-0.39, 0.29) is 25.3 Å². The summed E-state index contributed by atoms with van der Waals surface area (Å²) in [4.78, 5) is 21.8. The van der Waals surface area contributed by atoms with Crippen LogP contribution in [0.15, 0.2) is 79.8 Å². The van der Waals surface area contributed by atoms with Crippen molar-refractivity contribution in [2.75, 3.05) is 18.7 Å². The van der Waals surface area contributed by atoms with Crippen molar-refractivity contribution in [1.29, 1.82) is 0 Å². The highest BCUT2D eigenvalue weighted by atomic mass is 16.7. The lowest BCUT2D eigenvalue weighted by atomic mass is 10.1. The van der Waals surface area contributed by atoms with E-state index in [9.17, 15) is 9.90 Å². The van der Waals surface area contributed by atoms with Crippen molar-refractivity contribution >= 4 is 17.5 Å².